The molecule has 0 fully saturated rings. The van der Waals surface area contributed by atoms with E-state index < -0.39 is 5.91 Å². The Labute approximate surface area is 113 Å². The van der Waals surface area contributed by atoms with Gasteiger partial charge in [-0.1, -0.05) is 17.3 Å². The summed E-state index contributed by atoms with van der Waals surface area (Å²) in [6.07, 6.45) is 3.12. The SMILES string of the molecule is CC(=O)c1cccc(C(=O)NN)c1Sn1ccnn1. The minimum Gasteiger partial charge on any atom is -0.294 e. The third kappa shape index (κ3) is 2.80. The minimum atomic E-state index is -0.467. The van der Waals surface area contributed by atoms with Gasteiger partial charge in [-0.2, -0.15) is 4.09 Å². The first-order valence-electron chi connectivity index (χ1n) is 5.33. The lowest BCUT2D eigenvalue weighted by Crippen LogP contribution is -2.30. The molecule has 8 heteroatoms. The van der Waals surface area contributed by atoms with Crippen LogP contribution in [0.3, 0.4) is 0 Å². The fourth-order valence-corrected chi connectivity index (χ4v) is 2.46. The van der Waals surface area contributed by atoms with E-state index in [4.69, 9.17) is 5.84 Å². The third-order valence-electron chi connectivity index (χ3n) is 2.36. The number of hydrogen-bond acceptors (Lipinski definition) is 6. The van der Waals surface area contributed by atoms with Crippen LogP contribution in [0.15, 0.2) is 35.5 Å². The number of Topliss-reactive ketones (excluding diaryl/α,β-unsaturated/α-hetero) is 1. The largest absolute Gasteiger partial charge is 0.294 e. The van der Waals surface area contributed by atoms with Gasteiger partial charge in [0, 0.05) is 17.5 Å². The summed E-state index contributed by atoms with van der Waals surface area (Å²) in [6, 6.07) is 4.87. The summed E-state index contributed by atoms with van der Waals surface area (Å²) in [5.41, 5.74) is 2.81. The van der Waals surface area contributed by atoms with Gasteiger partial charge < -0.3 is 0 Å². The van der Waals surface area contributed by atoms with Crippen LogP contribution in [0.1, 0.15) is 27.6 Å². The van der Waals surface area contributed by atoms with Gasteiger partial charge in [-0.15, -0.1) is 5.10 Å². The Kier molecular flexibility index (Phi) is 3.93. The number of amides is 1. The number of nitrogen functional groups attached to an aromatic ring is 1. The summed E-state index contributed by atoms with van der Waals surface area (Å²) < 4.78 is 1.45. The molecule has 19 heavy (non-hydrogen) atoms. The normalized spacial score (nSPS) is 10.2. The second-order valence-corrected chi connectivity index (χ2v) is 4.57. The van der Waals surface area contributed by atoms with Crippen LogP contribution in [0.4, 0.5) is 0 Å². The second-order valence-electron chi connectivity index (χ2n) is 3.61. The van der Waals surface area contributed by atoms with Crippen LogP contribution < -0.4 is 11.3 Å². The summed E-state index contributed by atoms with van der Waals surface area (Å²) in [5.74, 6) is 4.53. The van der Waals surface area contributed by atoms with Crippen LogP contribution in [-0.4, -0.2) is 26.1 Å². The zero-order valence-electron chi connectivity index (χ0n) is 10.0. The van der Waals surface area contributed by atoms with Gasteiger partial charge in [-0.3, -0.25) is 15.0 Å². The zero-order chi connectivity index (χ0) is 13.8. The Morgan fingerprint density at radius 1 is 1.37 bits per heavy atom. The molecule has 0 bridgehead atoms. The third-order valence-corrected chi connectivity index (χ3v) is 3.36. The molecule has 0 saturated heterocycles. The number of ketones is 1. The lowest BCUT2D eigenvalue weighted by atomic mass is 10.1. The summed E-state index contributed by atoms with van der Waals surface area (Å²) in [6.45, 7) is 1.44. The van der Waals surface area contributed by atoms with Gasteiger partial charge in [0.2, 0.25) is 0 Å². The van der Waals surface area contributed by atoms with Crippen LogP contribution in [0, 0.1) is 0 Å². The maximum Gasteiger partial charge on any atom is 0.266 e. The van der Waals surface area contributed by atoms with Crippen molar-refractivity contribution in [3.05, 3.63) is 41.7 Å². The van der Waals surface area contributed by atoms with Crippen LogP contribution >= 0.6 is 11.9 Å². The van der Waals surface area contributed by atoms with E-state index in [2.05, 4.69) is 15.7 Å². The number of carbonyl (C=O) groups is 2. The Morgan fingerprint density at radius 3 is 2.68 bits per heavy atom. The lowest BCUT2D eigenvalue weighted by Gasteiger charge is -2.10. The number of benzene rings is 1. The van der Waals surface area contributed by atoms with Crippen molar-refractivity contribution in [3.8, 4) is 0 Å². The predicted molar refractivity (Wildman–Crippen MR) is 69.4 cm³/mol. The van der Waals surface area contributed by atoms with Crippen molar-refractivity contribution in [2.45, 2.75) is 11.8 Å². The van der Waals surface area contributed by atoms with E-state index in [9.17, 15) is 9.59 Å². The standard InChI is InChI=1S/C11H11N5O2S/c1-7(17)8-3-2-4-9(11(18)14-12)10(8)19-16-6-5-13-15-16/h2-6H,12H2,1H3,(H,14,18). The quantitative estimate of drug-likeness (QED) is 0.368. The second kappa shape index (κ2) is 5.63. The van der Waals surface area contributed by atoms with Gasteiger partial charge in [-0.25, -0.2) is 5.84 Å². The number of hydrazine groups is 1. The highest BCUT2D eigenvalue weighted by atomic mass is 32.2. The molecule has 0 radical (unpaired) electrons. The predicted octanol–water partition coefficient (Wildman–Crippen LogP) is 0.640. The average Bonchev–Trinajstić information content (AvgIpc) is 2.90. The van der Waals surface area contributed by atoms with Crippen LogP contribution in [0.5, 0.6) is 0 Å². The number of nitrogens with zero attached hydrogens (tertiary/aromatic N) is 3. The molecule has 7 nitrogen and oxygen atoms in total. The first-order chi connectivity index (χ1) is 9.13. The summed E-state index contributed by atoms with van der Waals surface area (Å²) in [5, 5.41) is 7.46. The van der Waals surface area contributed by atoms with Crippen molar-refractivity contribution in [2.75, 3.05) is 0 Å². The summed E-state index contributed by atoms with van der Waals surface area (Å²) in [7, 11) is 0. The van der Waals surface area contributed by atoms with Gasteiger partial charge >= 0.3 is 0 Å². The van der Waals surface area contributed by atoms with E-state index in [1.807, 2.05) is 0 Å². The fraction of sp³-hybridized carbons (Fsp3) is 0.0909. The van der Waals surface area contributed by atoms with E-state index in [0.29, 0.717) is 16.0 Å². The Morgan fingerprint density at radius 2 is 2.11 bits per heavy atom. The molecule has 0 aliphatic heterocycles. The monoisotopic (exact) mass is 277 g/mol. The number of rotatable bonds is 4. The molecule has 1 aromatic heterocycles. The lowest BCUT2D eigenvalue weighted by molar-refractivity contribution is 0.0950. The van der Waals surface area contributed by atoms with Gasteiger partial charge in [-0.05, 0) is 13.0 Å². The van der Waals surface area contributed by atoms with Crippen molar-refractivity contribution in [1.29, 1.82) is 0 Å². The van der Waals surface area contributed by atoms with Crippen LogP contribution in [0.2, 0.25) is 0 Å². The highest BCUT2D eigenvalue weighted by Gasteiger charge is 2.18. The Hall–Kier alpha value is -2.19. The Bertz CT molecular complexity index is 612. The first-order valence-corrected chi connectivity index (χ1v) is 6.10. The van der Waals surface area contributed by atoms with Crippen LogP contribution in [-0.2, 0) is 0 Å². The number of aromatic nitrogens is 3. The molecular weight excluding hydrogens is 266 g/mol. The van der Waals surface area contributed by atoms with E-state index in [1.54, 1.807) is 24.4 Å². The summed E-state index contributed by atoms with van der Waals surface area (Å²) in [4.78, 5) is 23.9. The molecule has 0 atom stereocenters. The zero-order valence-corrected chi connectivity index (χ0v) is 10.8. The van der Waals surface area contributed by atoms with Gasteiger partial charge in [0.25, 0.3) is 5.91 Å². The topological polar surface area (TPSA) is 103 Å². The number of nitrogens with two attached hydrogens (primary N) is 1. The number of hydrogen-bond donors (Lipinski definition) is 2. The van der Waals surface area contributed by atoms with Gasteiger partial charge in [0.15, 0.2) is 5.78 Å². The maximum atomic E-state index is 11.7. The molecule has 0 unspecified atom stereocenters. The van der Waals surface area contributed by atoms with Crippen molar-refractivity contribution in [2.24, 2.45) is 5.84 Å². The Balaban J connectivity index is 2.52. The molecule has 0 aliphatic carbocycles. The van der Waals surface area contributed by atoms with Crippen LogP contribution in [0.25, 0.3) is 0 Å². The van der Waals surface area contributed by atoms with E-state index in [1.165, 1.54) is 17.2 Å². The molecule has 2 aromatic rings. The molecule has 2 rings (SSSR count). The minimum absolute atomic E-state index is 0.144. The number of nitrogens with one attached hydrogen (secondary N) is 1. The highest BCUT2D eigenvalue weighted by Crippen LogP contribution is 2.28. The van der Waals surface area contributed by atoms with Crippen molar-refractivity contribution in [1.82, 2.24) is 19.8 Å². The molecule has 1 amide bonds. The molecule has 0 spiro atoms. The molecule has 1 aromatic carbocycles. The molecular formula is C11H11N5O2S. The van der Waals surface area contributed by atoms with E-state index >= 15 is 0 Å². The fourth-order valence-electron chi connectivity index (χ4n) is 1.51. The first kappa shape index (κ1) is 13.2. The van der Waals surface area contributed by atoms with Gasteiger partial charge in [0.1, 0.15) is 0 Å². The molecule has 0 aliphatic rings. The highest BCUT2D eigenvalue weighted by molar-refractivity contribution is 7.97. The molecule has 98 valence electrons. The molecule has 0 saturated carbocycles. The average molecular weight is 277 g/mol. The van der Waals surface area contributed by atoms with Crippen molar-refractivity contribution in [3.63, 3.8) is 0 Å². The van der Waals surface area contributed by atoms with Crippen molar-refractivity contribution < 1.29 is 9.59 Å². The van der Waals surface area contributed by atoms with Gasteiger partial charge in [0.05, 0.1) is 22.9 Å². The van der Waals surface area contributed by atoms with E-state index in [-0.39, 0.29) is 5.78 Å². The smallest absolute Gasteiger partial charge is 0.266 e. The maximum absolute atomic E-state index is 11.7. The van der Waals surface area contributed by atoms with Crippen molar-refractivity contribution >= 4 is 23.6 Å². The number of carbonyl (C=O) groups excluding carboxylic acids is 2. The van der Waals surface area contributed by atoms with E-state index in [0.717, 1.165) is 11.9 Å². The molecule has 1 heterocycles. The molecule has 3 N–H and O–H groups in total. The summed E-state index contributed by atoms with van der Waals surface area (Å²) >= 11 is 1.13.